The molecule has 0 spiro atoms. The molecular weight excluding hydrogens is 344 g/mol. The Balaban J connectivity index is 2.18. The lowest BCUT2D eigenvalue weighted by Gasteiger charge is -2.11. The van der Waals surface area contributed by atoms with Crippen molar-refractivity contribution in [3.8, 4) is 11.5 Å². The standard InChI is InChI=1S/C17H20N2O5S/c1-18-17(20)13-6-4-5-12(9-13)11-19-25(21,22)14-7-8-15(23-2)16(10-14)24-3/h4-10,19H,11H2,1-3H3,(H,18,20). The van der Waals surface area contributed by atoms with Crippen LogP contribution in [0.4, 0.5) is 0 Å². The van der Waals surface area contributed by atoms with Crippen molar-refractivity contribution in [2.75, 3.05) is 21.3 Å². The van der Waals surface area contributed by atoms with Crippen LogP contribution >= 0.6 is 0 Å². The second kappa shape index (κ2) is 8.00. The number of nitrogens with one attached hydrogen (secondary N) is 2. The van der Waals surface area contributed by atoms with E-state index in [0.717, 1.165) is 0 Å². The molecular formula is C17H20N2O5S. The molecule has 2 aromatic rings. The van der Waals surface area contributed by atoms with Crippen LogP contribution in [-0.4, -0.2) is 35.6 Å². The van der Waals surface area contributed by atoms with E-state index in [9.17, 15) is 13.2 Å². The number of benzene rings is 2. The minimum Gasteiger partial charge on any atom is -0.493 e. The summed E-state index contributed by atoms with van der Waals surface area (Å²) in [4.78, 5) is 11.7. The van der Waals surface area contributed by atoms with Crippen molar-refractivity contribution < 1.29 is 22.7 Å². The molecule has 134 valence electrons. The summed E-state index contributed by atoms with van der Waals surface area (Å²) < 4.78 is 37.7. The van der Waals surface area contributed by atoms with Gasteiger partial charge in [-0.3, -0.25) is 4.79 Å². The van der Waals surface area contributed by atoms with Gasteiger partial charge in [-0.2, -0.15) is 0 Å². The smallest absolute Gasteiger partial charge is 0.251 e. The summed E-state index contributed by atoms with van der Waals surface area (Å²) in [5.41, 5.74) is 1.13. The molecule has 0 saturated heterocycles. The van der Waals surface area contributed by atoms with Crippen LogP contribution in [0.1, 0.15) is 15.9 Å². The molecule has 0 unspecified atom stereocenters. The van der Waals surface area contributed by atoms with Crippen molar-refractivity contribution in [1.82, 2.24) is 10.0 Å². The lowest BCUT2D eigenvalue weighted by Crippen LogP contribution is -2.24. The van der Waals surface area contributed by atoms with Gasteiger partial charge in [0.25, 0.3) is 5.91 Å². The SMILES string of the molecule is CNC(=O)c1cccc(CNS(=O)(=O)c2ccc(OC)c(OC)c2)c1. The van der Waals surface area contributed by atoms with E-state index in [4.69, 9.17) is 9.47 Å². The van der Waals surface area contributed by atoms with Gasteiger partial charge in [0.2, 0.25) is 10.0 Å². The fourth-order valence-electron chi connectivity index (χ4n) is 2.21. The van der Waals surface area contributed by atoms with Gasteiger partial charge in [0.1, 0.15) is 0 Å². The van der Waals surface area contributed by atoms with E-state index in [-0.39, 0.29) is 17.3 Å². The molecule has 8 heteroatoms. The Morgan fingerprint density at radius 3 is 2.40 bits per heavy atom. The van der Waals surface area contributed by atoms with Crippen molar-refractivity contribution in [2.24, 2.45) is 0 Å². The fraction of sp³-hybridized carbons (Fsp3) is 0.235. The number of carbonyl (C=O) groups is 1. The minimum atomic E-state index is -3.74. The molecule has 0 radical (unpaired) electrons. The average molecular weight is 364 g/mol. The molecule has 0 bridgehead atoms. The van der Waals surface area contributed by atoms with Gasteiger partial charge in [-0.25, -0.2) is 13.1 Å². The summed E-state index contributed by atoms with van der Waals surface area (Å²) in [5.74, 6) is 0.538. The topological polar surface area (TPSA) is 93.7 Å². The van der Waals surface area contributed by atoms with Gasteiger partial charge in [-0.05, 0) is 29.8 Å². The number of methoxy groups -OCH3 is 2. The summed E-state index contributed by atoms with van der Waals surface area (Å²) >= 11 is 0. The van der Waals surface area contributed by atoms with E-state index in [1.807, 2.05) is 0 Å². The largest absolute Gasteiger partial charge is 0.493 e. The van der Waals surface area contributed by atoms with E-state index < -0.39 is 10.0 Å². The number of sulfonamides is 1. The molecule has 0 aliphatic heterocycles. The fourth-order valence-corrected chi connectivity index (χ4v) is 3.24. The quantitative estimate of drug-likeness (QED) is 0.777. The van der Waals surface area contributed by atoms with Crippen molar-refractivity contribution in [3.05, 3.63) is 53.6 Å². The molecule has 0 fully saturated rings. The van der Waals surface area contributed by atoms with Crippen molar-refractivity contribution in [3.63, 3.8) is 0 Å². The molecule has 25 heavy (non-hydrogen) atoms. The third kappa shape index (κ3) is 4.49. The van der Waals surface area contributed by atoms with Gasteiger partial charge < -0.3 is 14.8 Å². The summed E-state index contributed by atoms with van der Waals surface area (Å²) in [5, 5.41) is 2.53. The van der Waals surface area contributed by atoms with E-state index in [1.54, 1.807) is 24.3 Å². The number of carbonyl (C=O) groups excluding carboxylic acids is 1. The highest BCUT2D eigenvalue weighted by molar-refractivity contribution is 7.89. The van der Waals surface area contributed by atoms with Crippen LogP contribution in [0.5, 0.6) is 11.5 Å². The Morgan fingerprint density at radius 1 is 1.04 bits per heavy atom. The van der Waals surface area contributed by atoms with Crippen molar-refractivity contribution >= 4 is 15.9 Å². The van der Waals surface area contributed by atoms with Gasteiger partial charge in [0.05, 0.1) is 19.1 Å². The number of rotatable bonds is 7. The van der Waals surface area contributed by atoms with Gasteiger partial charge >= 0.3 is 0 Å². The maximum Gasteiger partial charge on any atom is 0.251 e. The maximum atomic E-state index is 12.5. The Kier molecular flexibility index (Phi) is 6.00. The molecule has 2 rings (SSSR count). The highest BCUT2D eigenvalue weighted by atomic mass is 32.2. The van der Waals surface area contributed by atoms with Crippen LogP contribution < -0.4 is 19.5 Å². The molecule has 1 amide bonds. The second-order valence-corrected chi connectivity index (χ2v) is 6.89. The molecule has 0 heterocycles. The third-order valence-electron chi connectivity index (χ3n) is 3.55. The zero-order valence-corrected chi connectivity index (χ0v) is 15.0. The highest BCUT2D eigenvalue weighted by Gasteiger charge is 2.17. The molecule has 2 N–H and O–H groups in total. The predicted octanol–water partition coefficient (Wildman–Crippen LogP) is 1.54. The van der Waals surface area contributed by atoms with Crippen LogP contribution in [0.3, 0.4) is 0 Å². The van der Waals surface area contributed by atoms with Crippen LogP contribution in [0.2, 0.25) is 0 Å². The Labute approximate surface area is 147 Å². The van der Waals surface area contributed by atoms with Crippen molar-refractivity contribution in [2.45, 2.75) is 11.4 Å². The van der Waals surface area contributed by atoms with Crippen LogP contribution in [0.15, 0.2) is 47.4 Å². The number of hydrogen-bond acceptors (Lipinski definition) is 5. The molecule has 7 nitrogen and oxygen atoms in total. The first-order valence-corrected chi connectivity index (χ1v) is 8.92. The zero-order chi connectivity index (χ0) is 18.4. The Bertz CT molecular complexity index is 865. The first-order valence-electron chi connectivity index (χ1n) is 7.44. The lowest BCUT2D eigenvalue weighted by molar-refractivity contribution is 0.0963. The van der Waals surface area contributed by atoms with Crippen LogP contribution in [0.25, 0.3) is 0 Å². The molecule has 0 atom stereocenters. The molecule has 0 saturated carbocycles. The second-order valence-electron chi connectivity index (χ2n) is 5.12. The average Bonchev–Trinajstić information content (AvgIpc) is 2.65. The van der Waals surface area contributed by atoms with Gasteiger partial charge in [-0.1, -0.05) is 12.1 Å². The Hall–Kier alpha value is -2.58. The predicted molar refractivity (Wildman–Crippen MR) is 93.4 cm³/mol. The maximum absolute atomic E-state index is 12.5. The number of hydrogen-bond donors (Lipinski definition) is 2. The summed E-state index contributed by atoms with van der Waals surface area (Å²) in [6.45, 7) is 0.0571. The number of amides is 1. The summed E-state index contributed by atoms with van der Waals surface area (Å²) in [7, 11) is 0.708. The van der Waals surface area contributed by atoms with E-state index >= 15 is 0 Å². The summed E-state index contributed by atoms with van der Waals surface area (Å²) in [6.07, 6.45) is 0. The number of ether oxygens (including phenoxy) is 2. The normalized spacial score (nSPS) is 11.0. The Morgan fingerprint density at radius 2 is 1.76 bits per heavy atom. The van der Waals surface area contributed by atoms with Gasteiger partial charge in [0.15, 0.2) is 11.5 Å². The van der Waals surface area contributed by atoms with Gasteiger partial charge in [-0.15, -0.1) is 0 Å². The molecule has 0 aliphatic carbocycles. The van der Waals surface area contributed by atoms with Crippen LogP contribution in [-0.2, 0) is 16.6 Å². The summed E-state index contributed by atoms with van der Waals surface area (Å²) in [6, 6.07) is 11.1. The zero-order valence-electron chi connectivity index (χ0n) is 14.2. The molecule has 0 aliphatic rings. The van der Waals surface area contributed by atoms with E-state index in [2.05, 4.69) is 10.0 Å². The first-order chi connectivity index (χ1) is 11.9. The highest BCUT2D eigenvalue weighted by Crippen LogP contribution is 2.29. The minimum absolute atomic E-state index is 0.0571. The van der Waals surface area contributed by atoms with Crippen LogP contribution in [0, 0.1) is 0 Å². The third-order valence-corrected chi connectivity index (χ3v) is 4.95. The van der Waals surface area contributed by atoms with Crippen molar-refractivity contribution in [1.29, 1.82) is 0 Å². The van der Waals surface area contributed by atoms with Gasteiger partial charge in [0, 0.05) is 25.2 Å². The molecule has 0 aromatic heterocycles. The van der Waals surface area contributed by atoms with E-state index in [1.165, 1.54) is 39.5 Å². The molecule has 2 aromatic carbocycles. The first kappa shape index (κ1) is 18.8. The lowest BCUT2D eigenvalue weighted by atomic mass is 10.1. The monoisotopic (exact) mass is 364 g/mol. The van der Waals surface area contributed by atoms with E-state index in [0.29, 0.717) is 22.6 Å².